The van der Waals surface area contributed by atoms with E-state index in [1.165, 1.54) is 20.4 Å². The topological polar surface area (TPSA) is 76.6 Å². The summed E-state index contributed by atoms with van der Waals surface area (Å²) in [6.45, 7) is 2.78. The van der Waals surface area contributed by atoms with E-state index in [4.69, 9.17) is 32.7 Å². The van der Waals surface area contributed by atoms with Crippen LogP contribution in [0.15, 0.2) is 42.7 Å². The Labute approximate surface area is 197 Å². The monoisotopic (exact) mass is 484 g/mol. The summed E-state index contributed by atoms with van der Waals surface area (Å²) in [5.74, 6) is 1.93. The Kier molecular flexibility index (Phi) is 9.43. The molecule has 31 heavy (non-hydrogen) atoms. The van der Waals surface area contributed by atoms with E-state index >= 15 is 0 Å². The van der Waals surface area contributed by atoms with Crippen LogP contribution in [0.2, 0.25) is 0 Å². The molecule has 0 aliphatic heterocycles. The lowest BCUT2D eigenvalue weighted by atomic mass is 10.2. The highest BCUT2D eigenvalue weighted by Crippen LogP contribution is 2.35. The van der Waals surface area contributed by atoms with Crippen LogP contribution in [0.4, 0.5) is 17.2 Å². The smallest absolute Gasteiger partial charge is 0.308 e. The number of nitrogens with zero attached hydrogens (tertiary/aromatic N) is 3. The van der Waals surface area contributed by atoms with Crippen LogP contribution in [0.1, 0.15) is 6.92 Å². The minimum atomic E-state index is -0.437. The van der Waals surface area contributed by atoms with Crippen molar-refractivity contribution in [2.45, 2.75) is 6.92 Å². The third kappa shape index (κ3) is 6.26. The maximum Gasteiger partial charge on any atom is 0.308 e. The minimum Gasteiger partial charge on any atom is -0.493 e. The Morgan fingerprint density at radius 3 is 2.32 bits per heavy atom. The lowest BCUT2D eigenvalue weighted by Gasteiger charge is -2.23. The molecule has 0 saturated carbocycles. The maximum absolute atomic E-state index is 11.4. The SMILES string of the molecule is COc1cc2ncnc(Nc3ccc(N(CCCl)CCCl)cc3)c2cc1OC(C)=O.Cl. The number of esters is 1. The van der Waals surface area contributed by atoms with Gasteiger partial charge in [-0.15, -0.1) is 35.6 Å². The number of aromatic nitrogens is 2. The number of ether oxygens (including phenoxy) is 2. The van der Waals surface area contributed by atoms with Gasteiger partial charge in [0.2, 0.25) is 0 Å². The Morgan fingerprint density at radius 1 is 1.06 bits per heavy atom. The van der Waals surface area contributed by atoms with Gasteiger partial charge in [0.15, 0.2) is 11.5 Å². The number of halogens is 3. The van der Waals surface area contributed by atoms with Crippen molar-refractivity contribution in [1.29, 1.82) is 0 Å². The van der Waals surface area contributed by atoms with Crippen molar-refractivity contribution in [3.05, 3.63) is 42.7 Å². The molecule has 10 heteroatoms. The summed E-state index contributed by atoms with van der Waals surface area (Å²) in [6, 6.07) is 11.3. The molecule has 0 amide bonds. The molecule has 0 atom stereocenters. The summed E-state index contributed by atoms with van der Waals surface area (Å²) in [5, 5.41) is 3.99. The zero-order valence-corrected chi connectivity index (χ0v) is 19.4. The van der Waals surface area contributed by atoms with Gasteiger partial charge in [-0.05, 0) is 30.3 Å². The molecule has 7 nitrogen and oxygen atoms in total. The van der Waals surface area contributed by atoms with E-state index in [0.29, 0.717) is 40.0 Å². The largest absolute Gasteiger partial charge is 0.493 e. The molecule has 3 rings (SSSR count). The molecule has 1 heterocycles. The van der Waals surface area contributed by atoms with E-state index in [1.807, 2.05) is 24.3 Å². The number of carbonyl (C=O) groups is 1. The van der Waals surface area contributed by atoms with Gasteiger partial charge in [-0.25, -0.2) is 9.97 Å². The minimum absolute atomic E-state index is 0. The summed E-state index contributed by atoms with van der Waals surface area (Å²) >= 11 is 11.8. The van der Waals surface area contributed by atoms with Crippen LogP contribution in [0.3, 0.4) is 0 Å². The van der Waals surface area contributed by atoms with Crippen LogP contribution in [0, 0.1) is 0 Å². The Balaban J connectivity index is 0.00000341. The zero-order valence-electron chi connectivity index (χ0n) is 17.1. The van der Waals surface area contributed by atoms with Gasteiger partial charge in [-0.1, -0.05) is 0 Å². The molecule has 0 saturated heterocycles. The van der Waals surface area contributed by atoms with Crippen LogP contribution >= 0.6 is 35.6 Å². The van der Waals surface area contributed by atoms with E-state index in [0.717, 1.165) is 24.5 Å². The average molecular weight is 486 g/mol. The lowest BCUT2D eigenvalue weighted by Crippen LogP contribution is -2.27. The second kappa shape index (κ2) is 11.8. The van der Waals surface area contributed by atoms with Crippen molar-refractivity contribution < 1.29 is 14.3 Å². The summed E-state index contributed by atoms with van der Waals surface area (Å²) in [6.07, 6.45) is 1.46. The molecular weight excluding hydrogens is 463 g/mol. The Morgan fingerprint density at radius 2 is 1.74 bits per heavy atom. The first-order valence-electron chi connectivity index (χ1n) is 9.31. The summed E-state index contributed by atoms with van der Waals surface area (Å²) < 4.78 is 10.6. The molecule has 0 unspecified atom stereocenters. The highest BCUT2D eigenvalue weighted by atomic mass is 35.5. The van der Waals surface area contributed by atoms with E-state index in [2.05, 4.69) is 20.2 Å². The standard InChI is InChI=1S/C21H22Cl2N4O3.ClH/c1-14(28)30-20-11-17-18(12-19(20)29-2)24-13-25-21(17)26-15-3-5-16(6-4-15)27(9-7-22)10-8-23;/h3-6,11-13H,7-10H2,1-2H3,(H,24,25,26);1H. The first-order chi connectivity index (χ1) is 14.5. The van der Waals surface area contributed by atoms with Crippen molar-refractivity contribution in [2.75, 3.05) is 42.2 Å². The molecule has 2 aromatic carbocycles. The second-order valence-corrected chi connectivity index (χ2v) is 7.13. The fraction of sp³-hybridized carbons (Fsp3) is 0.286. The van der Waals surface area contributed by atoms with Gasteiger partial charge < -0.3 is 19.7 Å². The Bertz CT molecular complexity index is 1010. The fourth-order valence-corrected chi connectivity index (χ4v) is 3.43. The van der Waals surface area contributed by atoms with E-state index < -0.39 is 5.97 Å². The maximum atomic E-state index is 11.4. The molecule has 166 valence electrons. The van der Waals surface area contributed by atoms with Crippen molar-refractivity contribution in [3.63, 3.8) is 0 Å². The van der Waals surface area contributed by atoms with Gasteiger partial charge in [0.25, 0.3) is 0 Å². The van der Waals surface area contributed by atoms with Gasteiger partial charge in [0.05, 0.1) is 12.6 Å². The van der Waals surface area contributed by atoms with Crippen molar-refractivity contribution in [2.24, 2.45) is 0 Å². The van der Waals surface area contributed by atoms with Crippen LogP contribution in [-0.4, -0.2) is 47.9 Å². The number of alkyl halides is 2. The molecule has 0 aliphatic rings. The van der Waals surface area contributed by atoms with E-state index in [9.17, 15) is 4.79 Å². The number of hydrogen-bond acceptors (Lipinski definition) is 7. The quantitative estimate of drug-likeness (QED) is 0.259. The van der Waals surface area contributed by atoms with E-state index in [1.54, 1.807) is 12.1 Å². The predicted octanol–water partition coefficient (Wildman–Crippen LogP) is 5.01. The summed E-state index contributed by atoms with van der Waals surface area (Å²) in [7, 11) is 1.51. The third-order valence-corrected chi connectivity index (χ3v) is 4.72. The number of fused-ring (bicyclic) bond motifs is 1. The highest BCUT2D eigenvalue weighted by Gasteiger charge is 2.13. The van der Waals surface area contributed by atoms with Gasteiger partial charge in [0, 0.05) is 54.6 Å². The van der Waals surface area contributed by atoms with E-state index in [-0.39, 0.29) is 12.4 Å². The number of hydrogen-bond donors (Lipinski definition) is 1. The molecule has 0 radical (unpaired) electrons. The summed E-state index contributed by atoms with van der Waals surface area (Å²) in [5.41, 5.74) is 2.55. The van der Waals surface area contributed by atoms with Crippen LogP contribution in [0.5, 0.6) is 11.5 Å². The molecule has 1 aromatic heterocycles. The number of nitrogens with one attached hydrogen (secondary N) is 1. The van der Waals surface area contributed by atoms with Crippen molar-refractivity contribution in [3.8, 4) is 11.5 Å². The van der Waals surface area contributed by atoms with Crippen LogP contribution in [-0.2, 0) is 4.79 Å². The number of rotatable bonds is 9. The fourth-order valence-electron chi connectivity index (χ4n) is 3.02. The summed E-state index contributed by atoms with van der Waals surface area (Å²) in [4.78, 5) is 22.2. The first-order valence-corrected chi connectivity index (χ1v) is 10.4. The molecule has 0 aliphatic carbocycles. The normalized spacial score (nSPS) is 10.3. The molecule has 0 fully saturated rings. The third-order valence-electron chi connectivity index (χ3n) is 4.38. The molecular formula is C21H23Cl3N4O3. The predicted molar refractivity (Wildman–Crippen MR) is 128 cm³/mol. The first kappa shape index (κ1) is 24.8. The lowest BCUT2D eigenvalue weighted by molar-refractivity contribution is -0.132. The molecule has 3 aromatic rings. The number of anilines is 3. The number of benzene rings is 2. The van der Waals surface area contributed by atoms with Crippen molar-refractivity contribution >= 4 is 69.7 Å². The van der Waals surface area contributed by atoms with Gasteiger partial charge in [-0.2, -0.15) is 0 Å². The Hall–Kier alpha value is -2.48. The van der Waals surface area contributed by atoms with Crippen molar-refractivity contribution in [1.82, 2.24) is 9.97 Å². The van der Waals surface area contributed by atoms with Crippen LogP contribution < -0.4 is 19.7 Å². The van der Waals surface area contributed by atoms with Gasteiger partial charge in [0.1, 0.15) is 12.1 Å². The molecule has 0 spiro atoms. The van der Waals surface area contributed by atoms with Gasteiger partial charge >= 0.3 is 5.97 Å². The number of carbonyl (C=O) groups excluding carboxylic acids is 1. The second-order valence-electron chi connectivity index (χ2n) is 6.37. The zero-order chi connectivity index (χ0) is 21.5. The van der Waals surface area contributed by atoms with Crippen LogP contribution in [0.25, 0.3) is 10.9 Å². The highest BCUT2D eigenvalue weighted by molar-refractivity contribution is 6.18. The molecule has 1 N–H and O–H groups in total. The average Bonchev–Trinajstić information content (AvgIpc) is 2.74. The number of methoxy groups -OCH3 is 1. The molecule has 0 bridgehead atoms. The van der Waals surface area contributed by atoms with Gasteiger partial charge in [-0.3, -0.25) is 4.79 Å².